The van der Waals surface area contributed by atoms with Crippen molar-refractivity contribution in [3.05, 3.63) is 64.9 Å². The van der Waals surface area contributed by atoms with Gasteiger partial charge in [-0.15, -0.1) is 11.3 Å². The van der Waals surface area contributed by atoms with E-state index in [1.54, 1.807) is 19.1 Å². The van der Waals surface area contributed by atoms with Crippen LogP contribution < -0.4 is 10.0 Å². The maximum atomic E-state index is 13.1. The van der Waals surface area contributed by atoms with E-state index in [1.165, 1.54) is 29.0 Å². The van der Waals surface area contributed by atoms with Gasteiger partial charge in [0.2, 0.25) is 10.0 Å². The third-order valence-electron chi connectivity index (χ3n) is 3.98. The highest BCUT2D eigenvalue weighted by atomic mass is 32.2. The molecule has 2 N–H and O–H groups in total. The van der Waals surface area contributed by atoms with E-state index in [9.17, 15) is 30.8 Å². The number of hydrogen-bond donors (Lipinski definition) is 2. The maximum absolute atomic E-state index is 13.1. The number of rotatable bonds is 6. The predicted molar refractivity (Wildman–Crippen MR) is 108 cm³/mol. The maximum Gasteiger partial charge on any atom is 0.402 e. The first-order chi connectivity index (χ1) is 14.4. The van der Waals surface area contributed by atoms with Crippen molar-refractivity contribution in [2.45, 2.75) is 18.0 Å². The summed E-state index contributed by atoms with van der Waals surface area (Å²) in [6, 6.07) is 10.3. The van der Waals surface area contributed by atoms with E-state index in [0.29, 0.717) is 21.1 Å². The quantitative estimate of drug-likeness (QED) is 0.521. The number of anilines is 1. The lowest BCUT2D eigenvalue weighted by Gasteiger charge is -2.10. The Morgan fingerprint density at radius 1 is 1.06 bits per heavy atom. The Balaban J connectivity index is 1.72. The molecule has 0 atom stereocenters. The largest absolute Gasteiger partial charge is 0.402 e. The molecule has 2 aromatic carbocycles. The van der Waals surface area contributed by atoms with Gasteiger partial charge >= 0.3 is 6.18 Å². The van der Waals surface area contributed by atoms with Gasteiger partial charge in [0.25, 0.3) is 5.91 Å². The third-order valence-corrected chi connectivity index (χ3v) is 6.60. The Kier molecular flexibility index (Phi) is 6.43. The van der Waals surface area contributed by atoms with E-state index in [0.717, 1.165) is 23.5 Å². The van der Waals surface area contributed by atoms with E-state index < -0.39 is 34.5 Å². The van der Waals surface area contributed by atoms with Crippen molar-refractivity contribution in [2.24, 2.45) is 0 Å². The van der Waals surface area contributed by atoms with Crippen LogP contribution in [0.2, 0.25) is 0 Å². The molecule has 3 rings (SSSR count). The molecule has 3 aromatic rings. The van der Waals surface area contributed by atoms with Crippen LogP contribution in [0.1, 0.15) is 15.4 Å². The predicted octanol–water partition coefficient (Wildman–Crippen LogP) is 4.35. The summed E-state index contributed by atoms with van der Waals surface area (Å²) >= 11 is 1.10. The molecule has 0 aliphatic rings. The van der Waals surface area contributed by atoms with Crippen LogP contribution in [0, 0.1) is 12.7 Å². The molecular formula is C19H15F4N3O3S2. The monoisotopic (exact) mass is 473 g/mol. The fourth-order valence-corrected chi connectivity index (χ4v) is 4.47. The molecule has 0 spiro atoms. The third kappa shape index (κ3) is 5.87. The summed E-state index contributed by atoms with van der Waals surface area (Å²) in [4.78, 5) is 16.8. The smallest absolute Gasteiger partial charge is 0.321 e. The van der Waals surface area contributed by atoms with Crippen molar-refractivity contribution in [3.63, 3.8) is 0 Å². The van der Waals surface area contributed by atoms with Crippen LogP contribution in [0.4, 0.5) is 23.2 Å². The molecule has 0 saturated heterocycles. The summed E-state index contributed by atoms with van der Waals surface area (Å²) < 4.78 is 75.1. The van der Waals surface area contributed by atoms with Crippen LogP contribution in [0.15, 0.2) is 53.4 Å². The minimum atomic E-state index is -4.68. The van der Waals surface area contributed by atoms with Gasteiger partial charge in [0.15, 0.2) is 0 Å². The minimum Gasteiger partial charge on any atom is -0.321 e. The second-order valence-electron chi connectivity index (χ2n) is 6.36. The fraction of sp³-hybridized carbons (Fsp3) is 0.158. The number of aryl methyl sites for hydroxylation is 1. The summed E-state index contributed by atoms with van der Waals surface area (Å²) in [6.45, 7) is -0.0463. The molecular weight excluding hydrogens is 458 g/mol. The van der Waals surface area contributed by atoms with E-state index in [-0.39, 0.29) is 10.6 Å². The molecule has 0 unspecified atom stereocenters. The lowest BCUT2D eigenvalue weighted by atomic mass is 10.2. The summed E-state index contributed by atoms with van der Waals surface area (Å²) in [7, 11) is -4.35. The average molecular weight is 473 g/mol. The summed E-state index contributed by atoms with van der Waals surface area (Å²) in [5, 5.41) is 3.11. The molecule has 0 fully saturated rings. The second-order valence-corrected chi connectivity index (χ2v) is 9.12. The van der Waals surface area contributed by atoms with Crippen molar-refractivity contribution in [3.8, 4) is 10.6 Å². The summed E-state index contributed by atoms with van der Waals surface area (Å²) in [5.41, 5.74) is 1.35. The number of carbonyl (C=O) groups excluding carboxylic acids is 1. The van der Waals surface area contributed by atoms with Gasteiger partial charge < -0.3 is 5.32 Å². The van der Waals surface area contributed by atoms with Crippen molar-refractivity contribution < 1.29 is 30.8 Å². The zero-order chi connectivity index (χ0) is 22.8. The first kappa shape index (κ1) is 22.8. The van der Waals surface area contributed by atoms with Crippen molar-refractivity contribution in [1.82, 2.24) is 9.71 Å². The molecule has 0 aliphatic carbocycles. The number of thiazole rings is 1. The molecule has 6 nitrogen and oxygen atoms in total. The van der Waals surface area contributed by atoms with Gasteiger partial charge in [0.05, 0.1) is 10.6 Å². The Morgan fingerprint density at radius 3 is 2.26 bits per heavy atom. The lowest BCUT2D eigenvalue weighted by Crippen LogP contribution is -2.33. The van der Waals surface area contributed by atoms with Crippen LogP contribution in [0.3, 0.4) is 0 Å². The highest BCUT2D eigenvalue weighted by Gasteiger charge is 2.30. The van der Waals surface area contributed by atoms with Crippen LogP contribution in [0.5, 0.6) is 0 Å². The molecule has 1 amide bonds. The van der Waals surface area contributed by atoms with Crippen LogP contribution in [-0.4, -0.2) is 32.0 Å². The standard InChI is InChI=1S/C19H15F4N3O3S2/c1-11-16(30-18(25-11)12-2-4-13(20)5-3-12)17(27)26-14-6-8-15(9-7-14)31(28,29)24-10-19(21,22)23/h2-9,24H,10H2,1H3,(H,26,27). The number of amides is 1. The molecule has 0 radical (unpaired) electrons. The SMILES string of the molecule is Cc1nc(-c2ccc(F)cc2)sc1C(=O)Nc1ccc(S(=O)(=O)NCC(F)(F)F)cc1. The Bertz CT molecular complexity index is 1190. The van der Waals surface area contributed by atoms with E-state index >= 15 is 0 Å². The van der Waals surface area contributed by atoms with Gasteiger partial charge in [-0.1, -0.05) is 0 Å². The number of aromatic nitrogens is 1. The zero-order valence-corrected chi connectivity index (χ0v) is 17.5. The summed E-state index contributed by atoms with van der Waals surface area (Å²) in [6.07, 6.45) is -4.68. The number of nitrogens with zero attached hydrogens (tertiary/aromatic N) is 1. The Hall–Kier alpha value is -2.83. The number of alkyl halides is 3. The van der Waals surface area contributed by atoms with Crippen LogP contribution in [-0.2, 0) is 10.0 Å². The van der Waals surface area contributed by atoms with E-state index in [2.05, 4.69) is 10.3 Å². The van der Waals surface area contributed by atoms with Gasteiger partial charge in [0.1, 0.15) is 22.2 Å². The molecule has 31 heavy (non-hydrogen) atoms. The molecule has 0 aliphatic heterocycles. The Labute approximate surface area is 179 Å². The van der Waals surface area contributed by atoms with Gasteiger partial charge in [-0.3, -0.25) is 4.79 Å². The van der Waals surface area contributed by atoms with E-state index in [1.807, 2.05) is 0 Å². The minimum absolute atomic E-state index is 0.246. The average Bonchev–Trinajstić information content (AvgIpc) is 3.09. The van der Waals surface area contributed by atoms with Gasteiger partial charge in [-0.2, -0.15) is 13.2 Å². The topological polar surface area (TPSA) is 88.2 Å². The number of hydrogen-bond acceptors (Lipinski definition) is 5. The molecule has 0 saturated carbocycles. The number of halogens is 4. The summed E-state index contributed by atoms with van der Waals surface area (Å²) in [5.74, 6) is -0.886. The number of sulfonamides is 1. The molecule has 1 aromatic heterocycles. The molecule has 1 heterocycles. The van der Waals surface area contributed by atoms with Crippen molar-refractivity contribution in [1.29, 1.82) is 0 Å². The molecule has 0 bridgehead atoms. The second kappa shape index (κ2) is 8.73. The highest BCUT2D eigenvalue weighted by Crippen LogP contribution is 2.29. The van der Waals surface area contributed by atoms with E-state index in [4.69, 9.17) is 0 Å². The lowest BCUT2D eigenvalue weighted by molar-refractivity contribution is -0.121. The normalized spacial score (nSPS) is 12.0. The zero-order valence-electron chi connectivity index (χ0n) is 15.8. The Morgan fingerprint density at radius 2 is 1.68 bits per heavy atom. The highest BCUT2D eigenvalue weighted by molar-refractivity contribution is 7.89. The van der Waals surface area contributed by atoms with Gasteiger partial charge in [0, 0.05) is 11.3 Å². The first-order valence-electron chi connectivity index (χ1n) is 8.66. The number of nitrogens with one attached hydrogen (secondary N) is 2. The van der Waals surface area contributed by atoms with Crippen LogP contribution >= 0.6 is 11.3 Å². The fourth-order valence-electron chi connectivity index (χ4n) is 2.49. The van der Waals surface area contributed by atoms with Crippen molar-refractivity contribution in [2.75, 3.05) is 11.9 Å². The number of carbonyl (C=O) groups is 1. The van der Waals surface area contributed by atoms with Crippen molar-refractivity contribution >= 4 is 33.0 Å². The van der Waals surface area contributed by atoms with Gasteiger partial charge in [-0.25, -0.2) is 22.5 Å². The van der Waals surface area contributed by atoms with Gasteiger partial charge in [-0.05, 0) is 55.5 Å². The molecule has 12 heteroatoms. The number of benzene rings is 2. The van der Waals surface area contributed by atoms with Crippen LogP contribution in [0.25, 0.3) is 10.6 Å². The molecule has 164 valence electrons. The first-order valence-corrected chi connectivity index (χ1v) is 11.0.